The molecule has 12 nitrogen and oxygen atoms in total. The van der Waals surface area contributed by atoms with E-state index in [1.54, 1.807) is 38.7 Å². The average Bonchev–Trinajstić information content (AvgIpc) is 3.16. The summed E-state index contributed by atoms with van der Waals surface area (Å²) in [7, 11) is -1.74. The SMILES string of the molecule is CB(O)NCCc1ccc(O)c(CN2CCN(Cc3cc(CCNB(C)O)ccc3O)CCN(Cc3cc(CCNB(C)O)ccc3O)CC2)c1. The first-order valence-electron chi connectivity index (χ1n) is 18.3. The van der Waals surface area contributed by atoms with Crippen molar-refractivity contribution in [3.05, 3.63) is 88.0 Å². The first-order chi connectivity index (χ1) is 24.4. The zero-order chi connectivity index (χ0) is 36.8. The van der Waals surface area contributed by atoms with Gasteiger partial charge in [-0.15, -0.1) is 0 Å². The molecule has 0 aliphatic carbocycles. The monoisotopic (exact) mass is 702 g/mol. The van der Waals surface area contributed by atoms with Crippen LogP contribution in [-0.4, -0.2) is 125 Å². The minimum atomic E-state index is -0.578. The molecule has 3 aromatic rings. The summed E-state index contributed by atoms with van der Waals surface area (Å²) in [6.07, 6.45) is 2.19. The molecule has 0 aromatic heterocycles. The summed E-state index contributed by atoms with van der Waals surface area (Å²) < 4.78 is 0. The maximum Gasteiger partial charge on any atom is 0.373 e. The van der Waals surface area contributed by atoms with Crippen molar-refractivity contribution in [3.63, 3.8) is 0 Å². The Morgan fingerprint density at radius 2 is 0.725 bits per heavy atom. The lowest BCUT2D eigenvalue weighted by Crippen LogP contribution is -2.35. The van der Waals surface area contributed by atoms with Crippen LogP contribution in [0, 0.1) is 0 Å². The first kappa shape index (κ1) is 40.7. The smallest absolute Gasteiger partial charge is 0.373 e. The van der Waals surface area contributed by atoms with Gasteiger partial charge in [-0.3, -0.25) is 14.7 Å². The number of hydrogen-bond donors (Lipinski definition) is 9. The first-order valence-corrected chi connectivity index (χ1v) is 18.3. The highest BCUT2D eigenvalue weighted by atomic mass is 16.3. The number of aromatic hydroxyl groups is 3. The molecular weight excluding hydrogens is 645 g/mol. The molecular formula is C36H57B3N6O6. The third kappa shape index (κ3) is 14.4. The van der Waals surface area contributed by atoms with Crippen LogP contribution in [0.4, 0.5) is 0 Å². The predicted molar refractivity (Wildman–Crippen MR) is 207 cm³/mol. The Balaban J connectivity index is 1.52. The van der Waals surface area contributed by atoms with Crippen molar-refractivity contribution in [3.8, 4) is 17.2 Å². The Morgan fingerprint density at radius 3 is 0.961 bits per heavy atom. The van der Waals surface area contributed by atoms with Gasteiger partial charge in [0.15, 0.2) is 0 Å². The number of nitrogens with one attached hydrogen (secondary N) is 3. The summed E-state index contributed by atoms with van der Waals surface area (Å²) in [4.78, 5) is 7.07. The van der Waals surface area contributed by atoms with Crippen LogP contribution < -0.4 is 15.7 Å². The standard InChI is InChI=1S/C36H57B3N6O6/c1-37(49)40-13-10-28-4-7-34(46)31(22-28)25-43-16-18-44(26-32-23-29(5-8-35(32)47)11-14-41-38(2)50)20-21-45(19-17-43)27-33-24-30(6-9-36(33)48)12-15-42-39(3)51/h4-9,22-24,40-42,46-51H,10-21,25-27H2,1-3H3. The molecule has 276 valence electrons. The van der Waals surface area contributed by atoms with Crippen LogP contribution in [0.2, 0.25) is 20.5 Å². The van der Waals surface area contributed by atoms with Gasteiger partial charge >= 0.3 is 21.2 Å². The van der Waals surface area contributed by atoms with E-state index in [-0.39, 0.29) is 17.2 Å². The van der Waals surface area contributed by atoms with Gasteiger partial charge < -0.3 is 46.1 Å². The van der Waals surface area contributed by atoms with E-state index in [0.29, 0.717) is 39.3 Å². The van der Waals surface area contributed by atoms with E-state index in [0.717, 1.165) is 91.9 Å². The maximum atomic E-state index is 10.9. The van der Waals surface area contributed by atoms with Gasteiger partial charge in [-0.2, -0.15) is 0 Å². The molecule has 1 fully saturated rings. The minimum absolute atomic E-state index is 0.259. The fourth-order valence-electron chi connectivity index (χ4n) is 6.42. The molecule has 0 amide bonds. The number of nitrogens with zero attached hydrogens (tertiary/aromatic N) is 3. The normalized spacial score (nSPS) is 14.9. The summed E-state index contributed by atoms with van der Waals surface area (Å²) in [6, 6.07) is 17.2. The molecule has 0 spiro atoms. The largest absolute Gasteiger partial charge is 0.508 e. The Labute approximate surface area is 304 Å². The topological polar surface area (TPSA) is 167 Å². The lowest BCUT2D eigenvalue weighted by atomic mass is 9.88. The lowest BCUT2D eigenvalue weighted by molar-refractivity contribution is 0.207. The molecule has 3 aromatic carbocycles. The molecule has 4 rings (SSSR count). The summed E-state index contributed by atoms with van der Waals surface area (Å²) in [5.74, 6) is 0.776. The van der Waals surface area contributed by atoms with Crippen LogP contribution >= 0.6 is 0 Å². The van der Waals surface area contributed by atoms with Crippen LogP contribution in [0.5, 0.6) is 17.2 Å². The van der Waals surface area contributed by atoms with Gasteiger partial charge in [0.25, 0.3) is 0 Å². The number of rotatable bonds is 18. The molecule has 1 aliphatic heterocycles. The van der Waals surface area contributed by atoms with E-state index in [1.807, 2.05) is 36.4 Å². The highest BCUT2D eigenvalue weighted by molar-refractivity contribution is 6.46. The fraction of sp³-hybridized carbons (Fsp3) is 0.500. The van der Waals surface area contributed by atoms with Crippen molar-refractivity contribution in [1.82, 2.24) is 30.4 Å². The van der Waals surface area contributed by atoms with E-state index in [4.69, 9.17) is 0 Å². The quantitative estimate of drug-likeness (QED) is 0.0876. The summed E-state index contributed by atoms with van der Waals surface area (Å²) in [6.45, 7) is 13.3. The Morgan fingerprint density at radius 1 is 0.471 bits per heavy atom. The predicted octanol–water partition coefficient (Wildman–Crippen LogP) is 1.35. The third-order valence-corrected chi connectivity index (χ3v) is 9.37. The molecule has 0 bridgehead atoms. The zero-order valence-corrected chi connectivity index (χ0v) is 30.6. The van der Waals surface area contributed by atoms with E-state index in [9.17, 15) is 30.4 Å². The van der Waals surface area contributed by atoms with Crippen LogP contribution in [0.15, 0.2) is 54.6 Å². The molecule has 51 heavy (non-hydrogen) atoms. The van der Waals surface area contributed by atoms with Crippen LogP contribution in [-0.2, 0) is 38.9 Å². The zero-order valence-electron chi connectivity index (χ0n) is 30.6. The van der Waals surface area contributed by atoms with Gasteiger partial charge in [0, 0.05) is 75.6 Å². The van der Waals surface area contributed by atoms with Gasteiger partial charge in [-0.25, -0.2) is 0 Å². The molecule has 9 N–H and O–H groups in total. The molecule has 0 saturated carbocycles. The van der Waals surface area contributed by atoms with E-state index < -0.39 is 21.2 Å². The van der Waals surface area contributed by atoms with Gasteiger partial charge in [0.2, 0.25) is 0 Å². The third-order valence-electron chi connectivity index (χ3n) is 9.37. The molecule has 1 aliphatic rings. The van der Waals surface area contributed by atoms with Crippen molar-refractivity contribution in [2.24, 2.45) is 0 Å². The van der Waals surface area contributed by atoms with Gasteiger partial charge in [0.05, 0.1) is 0 Å². The van der Waals surface area contributed by atoms with E-state index >= 15 is 0 Å². The summed E-state index contributed by atoms with van der Waals surface area (Å²) >= 11 is 0. The fourth-order valence-corrected chi connectivity index (χ4v) is 6.42. The Hall–Kier alpha value is -3.11. The highest BCUT2D eigenvalue weighted by Gasteiger charge is 2.20. The van der Waals surface area contributed by atoms with Crippen molar-refractivity contribution >= 4 is 21.2 Å². The molecule has 15 heteroatoms. The number of hydrogen-bond acceptors (Lipinski definition) is 12. The lowest BCUT2D eigenvalue weighted by Gasteiger charge is -2.26. The van der Waals surface area contributed by atoms with E-state index in [1.165, 1.54) is 0 Å². The number of benzene rings is 3. The van der Waals surface area contributed by atoms with Crippen molar-refractivity contribution in [1.29, 1.82) is 0 Å². The van der Waals surface area contributed by atoms with Crippen LogP contribution in [0.1, 0.15) is 33.4 Å². The van der Waals surface area contributed by atoms with Gasteiger partial charge in [-0.1, -0.05) is 36.4 Å². The second-order valence-corrected chi connectivity index (χ2v) is 13.9. The van der Waals surface area contributed by atoms with Crippen molar-refractivity contribution in [2.75, 3.05) is 58.9 Å². The maximum absolute atomic E-state index is 10.9. The highest BCUT2D eigenvalue weighted by Crippen LogP contribution is 2.25. The average molecular weight is 702 g/mol. The summed E-state index contributed by atoms with van der Waals surface area (Å²) in [5, 5.41) is 70.5. The molecule has 1 saturated heterocycles. The Kier molecular flexibility index (Phi) is 16.6. The second-order valence-electron chi connectivity index (χ2n) is 13.9. The minimum Gasteiger partial charge on any atom is -0.508 e. The molecule has 0 radical (unpaired) electrons. The molecule has 1 heterocycles. The van der Waals surface area contributed by atoms with Gasteiger partial charge in [-0.05, 0) is 94.3 Å². The number of phenols is 3. The Bertz CT molecular complexity index is 1320. The molecule has 0 atom stereocenters. The van der Waals surface area contributed by atoms with E-state index in [2.05, 4.69) is 30.4 Å². The second kappa shape index (κ2) is 20.8. The van der Waals surface area contributed by atoms with Crippen LogP contribution in [0.3, 0.4) is 0 Å². The van der Waals surface area contributed by atoms with Crippen molar-refractivity contribution in [2.45, 2.75) is 59.4 Å². The molecule has 0 unspecified atom stereocenters. The van der Waals surface area contributed by atoms with Gasteiger partial charge in [0.1, 0.15) is 17.2 Å². The van der Waals surface area contributed by atoms with Crippen molar-refractivity contribution < 1.29 is 30.4 Å². The number of phenolic OH excluding ortho intramolecular Hbond substituents is 3. The summed E-state index contributed by atoms with van der Waals surface area (Å²) in [5.41, 5.74) is 5.82. The van der Waals surface area contributed by atoms with Crippen LogP contribution in [0.25, 0.3) is 0 Å².